The molecule has 3 nitrogen and oxygen atoms in total. The van der Waals surface area contributed by atoms with Crippen LogP contribution in [0.15, 0.2) is 24.4 Å². The van der Waals surface area contributed by atoms with Crippen molar-refractivity contribution in [2.45, 2.75) is 38.9 Å². The minimum atomic E-state index is -0.556. The van der Waals surface area contributed by atoms with Crippen LogP contribution < -0.4 is 5.32 Å². The molecule has 1 saturated carbocycles. The van der Waals surface area contributed by atoms with Gasteiger partial charge in [-0.3, -0.25) is 4.68 Å². The van der Waals surface area contributed by atoms with Gasteiger partial charge in [0.15, 0.2) is 0 Å². The topological polar surface area (TPSA) is 29.9 Å². The Morgan fingerprint density at radius 3 is 2.60 bits per heavy atom. The lowest BCUT2D eigenvalue weighted by Gasteiger charge is -2.02. The van der Waals surface area contributed by atoms with E-state index in [0.717, 1.165) is 23.9 Å². The van der Waals surface area contributed by atoms with Crippen LogP contribution in [-0.4, -0.2) is 15.8 Å². The number of nitrogens with one attached hydrogen (secondary N) is 1. The number of aromatic nitrogens is 2. The summed E-state index contributed by atoms with van der Waals surface area (Å²) in [4.78, 5) is 0. The monoisotopic (exact) mass is 277 g/mol. The number of rotatable bonds is 5. The van der Waals surface area contributed by atoms with Gasteiger partial charge in [-0.05, 0) is 37.5 Å². The Hall–Kier alpha value is -1.75. The van der Waals surface area contributed by atoms with Crippen LogP contribution in [0.3, 0.4) is 0 Å². The number of benzene rings is 1. The maximum absolute atomic E-state index is 13.2. The Morgan fingerprint density at radius 1 is 1.25 bits per heavy atom. The van der Waals surface area contributed by atoms with Crippen molar-refractivity contribution in [3.8, 4) is 0 Å². The maximum Gasteiger partial charge on any atom is 0.126 e. The fraction of sp³-hybridized carbons (Fsp3) is 0.400. The summed E-state index contributed by atoms with van der Waals surface area (Å²) in [5.74, 6) is -1.11. The molecule has 1 aromatic heterocycles. The lowest BCUT2D eigenvalue weighted by atomic mass is 10.2. The molecule has 0 saturated heterocycles. The highest BCUT2D eigenvalue weighted by molar-refractivity contribution is 5.20. The van der Waals surface area contributed by atoms with Crippen LogP contribution in [-0.2, 0) is 13.1 Å². The first-order chi connectivity index (χ1) is 9.60. The molecule has 0 aliphatic heterocycles. The molecule has 0 bridgehead atoms. The first-order valence-corrected chi connectivity index (χ1v) is 6.81. The molecule has 1 aliphatic rings. The Labute approximate surface area is 116 Å². The Kier molecular flexibility index (Phi) is 3.53. The van der Waals surface area contributed by atoms with Crippen molar-refractivity contribution >= 4 is 0 Å². The lowest BCUT2D eigenvalue weighted by molar-refractivity contribution is 0.574. The van der Waals surface area contributed by atoms with E-state index < -0.39 is 11.6 Å². The highest BCUT2D eigenvalue weighted by atomic mass is 19.1. The summed E-state index contributed by atoms with van der Waals surface area (Å²) in [5, 5.41) is 7.83. The third kappa shape index (κ3) is 3.22. The van der Waals surface area contributed by atoms with Gasteiger partial charge in [-0.15, -0.1) is 0 Å². The van der Waals surface area contributed by atoms with Crippen molar-refractivity contribution in [2.24, 2.45) is 0 Å². The van der Waals surface area contributed by atoms with Crippen molar-refractivity contribution in [3.05, 3.63) is 52.9 Å². The molecule has 0 spiro atoms. The van der Waals surface area contributed by atoms with E-state index in [1.165, 1.54) is 25.0 Å². The van der Waals surface area contributed by atoms with E-state index in [-0.39, 0.29) is 0 Å². The first-order valence-electron chi connectivity index (χ1n) is 6.81. The Morgan fingerprint density at radius 2 is 1.95 bits per heavy atom. The maximum atomic E-state index is 13.2. The van der Waals surface area contributed by atoms with Crippen molar-refractivity contribution in [1.82, 2.24) is 15.1 Å². The van der Waals surface area contributed by atoms with Gasteiger partial charge in [0.2, 0.25) is 0 Å². The quantitative estimate of drug-likeness (QED) is 0.910. The van der Waals surface area contributed by atoms with E-state index in [1.54, 1.807) is 4.68 Å². The van der Waals surface area contributed by atoms with Crippen LogP contribution in [0.1, 0.15) is 29.7 Å². The second-order valence-electron chi connectivity index (χ2n) is 5.37. The van der Waals surface area contributed by atoms with Crippen LogP contribution in [0.4, 0.5) is 8.78 Å². The predicted octanol–water partition coefficient (Wildman–Crippen LogP) is 2.77. The molecule has 0 unspecified atom stereocenters. The van der Waals surface area contributed by atoms with Gasteiger partial charge >= 0.3 is 0 Å². The van der Waals surface area contributed by atoms with Gasteiger partial charge in [-0.25, -0.2) is 8.78 Å². The lowest BCUT2D eigenvalue weighted by Crippen LogP contribution is -2.15. The van der Waals surface area contributed by atoms with Gasteiger partial charge in [0.05, 0.1) is 12.2 Å². The zero-order valence-corrected chi connectivity index (χ0v) is 11.4. The van der Waals surface area contributed by atoms with Gasteiger partial charge in [0.1, 0.15) is 11.6 Å². The number of halogens is 2. The first kappa shape index (κ1) is 13.2. The van der Waals surface area contributed by atoms with E-state index in [9.17, 15) is 8.78 Å². The summed E-state index contributed by atoms with van der Waals surface area (Å²) >= 11 is 0. The molecule has 1 heterocycles. The molecule has 3 rings (SSSR count). The van der Waals surface area contributed by atoms with Crippen LogP contribution in [0.2, 0.25) is 0 Å². The second-order valence-corrected chi connectivity index (χ2v) is 5.37. The summed E-state index contributed by atoms with van der Waals surface area (Å²) in [5.41, 5.74) is 2.66. The highest BCUT2D eigenvalue weighted by Crippen LogP contribution is 2.20. The van der Waals surface area contributed by atoms with Crippen molar-refractivity contribution in [2.75, 3.05) is 0 Å². The van der Waals surface area contributed by atoms with Gasteiger partial charge in [-0.2, -0.15) is 5.10 Å². The molecule has 1 aliphatic carbocycles. The van der Waals surface area contributed by atoms with E-state index in [1.807, 2.05) is 13.1 Å². The second kappa shape index (κ2) is 5.32. The number of nitrogens with zero attached hydrogens (tertiary/aromatic N) is 2. The SMILES string of the molecule is Cc1nn(Cc2cc(F)cc(F)c2)cc1CNC1CC1. The molecule has 2 aromatic rings. The normalized spacial score (nSPS) is 14.8. The fourth-order valence-corrected chi connectivity index (χ4v) is 2.24. The molecule has 1 fully saturated rings. The summed E-state index contributed by atoms with van der Waals surface area (Å²) in [6.07, 6.45) is 4.43. The Bertz CT molecular complexity index is 597. The van der Waals surface area contributed by atoms with Gasteiger partial charge in [-0.1, -0.05) is 0 Å². The third-order valence-corrected chi connectivity index (χ3v) is 3.47. The molecule has 106 valence electrons. The highest BCUT2D eigenvalue weighted by Gasteiger charge is 2.20. The predicted molar refractivity (Wildman–Crippen MR) is 72.3 cm³/mol. The van der Waals surface area contributed by atoms with Crippen molar-refractivity contribution in [3.63, 3.8) is 0 Å². The number of aryl methyl sites for hydroxylation is 1. The van der Waals surface area contributed by atoms with Crippen molar-refractivity contribution in [1.29, 1.82) is 0 Å². The molecular formula is C15H17F2N3. The van der Waals surface area contributed by atoms with Crippen LogP contribution in [0.5, 0.6) is 0 Å². The van der Waals surface area contributed by atoms with Gasteiger partial charge in [0, 0.05) is 30.4 Å². The van der Waals surface area contributed by atoms with Crippen LogP contribution >= 0.6 is 0 Å². The summed E-state index contributed by atoms with van der Waals surface area (Å²) < 4.78 is 28.0. The zero-order chi connectivity index (χ0) is 14.1. The molecule has 0 amide bonds. The van der Waals surface area contributed by atoms with E-state index in [4.69, 9.17) is 0 Å². The van der Waals surface area contributed by atoms with Crippen molar-refractivity contribution < 1.29 is 8.78 Å². The van der Waals surface area contributed by atoms with E-state index >= 15 is 0 Å². The van der Waals surface area contributed by atoms with Gasteiger partial charge in [0.25, 0.3) is 0 Å². The fourth-order valence-electron chi connectivity index (χ4n) is 2.24. The standard InChI is InChI=1S/C15H17F2N3/c1-10-12(7-18-15-2-3-15)9-20(19-10)8-11-4-13(16)6-14(17)5-11/h4-6,9,15,18H,2-3,7-8H2,1H3. The summed E-state index contributed by atoms with van der Waals surface area (Å²) in [6.45, 7) is 3.12. The van der Waals surface area contributed by atoms with E-state index in [2.05, 4.69) is 10.4 Å². The molecular weight excluding hydrogens is 260 g/mol. The average molecular weight is 277 g/mol. The van der Waals surface area contributed by atoms with Gasteiger partial charge < -0.3 is 5.32 Å². The third-order valence-electron chi connectivity index (χ3n) is 3.47. The minimum Gasteiger partial charge on any atom is -0.310 e. The molecule has 20 heavy (non-hydrogen) atoms. The molecule has 0 atom stereocenters. The zero-order valence-electron chi connectivity index (χ0n) is 11.4. The summed E-state index contributed by atoms with van der Waals surface area (Å²) in [7, 11) is 0. The molecule has 0 radical (unpaired) electrons. The Balaban J connectivity index is 1.71. The molecule has 1 N–H and O–H groups in total. The largest absolute Gasteiger partial charge is 0.310 e. The minimum absolute atomic E-state index is 0.374. The molecule has 1 aromatic carbocycles. The number of hydrogen-bond acceptors (Lipinski definition) is 2. The van der Waals surface area contributed by atoms with Crippen LogP contribution in [0, 0.1) is 18.6 Å². The number of hydrogen-bond donors (Lipinski definition) is 1. The average Bonchev–Trinajstić information content (AvgIpc) is 3.11. The molecule has 5 heteroatoms. The smallest absolute Gasteiger partial charge is 0.126 e. The van der Waals surface area contributed by atoms with E-state index in [0.29, 0.717) is 18.2 Å². The van der Waals surface area contributed by atoms with Crippen LogP contribution in [0.25, 0.3) is 0 Å². The summed E-state index contributed by atoms with van der Waals surface area (Å²) in [6, 6.07) is 4.20.